The van der Waals surface area contributed by atoms with Crippen LogP contribution in [0.15, 0.2) is 24.3 Å². The number of hydrogen-bond donors (Lipinski definition) is 1. The second-order valence-electron chi connectivity index (χ2n) is 7.74. The number of carbonyl (C=O) groups excluding carboxylic acids is 1. The molecule has 0 spiro atoms. The topological polar surface area (TPSA) is 85.3 Å². The molecule has 7 heteroatoms. The van der Waals surface area contributed by atoms with Gasteiger partial charge in [0.2, 0.25) is 0 Å². The summed E-state index contributed by atoms with van der Waals surface area (Å²) in [6.07, 6.45) is -0.665. The number of carboxylic acids is 1. The van der Waals surface area contributed by atoms with Gasteiger partial charge in [0.1, 0.15) is 11.4 Å². The van der Waals surface area contributed by atoms with E-state index in [-0.39, 0.29) is 5.92 Å². The van der Waals surface area contributed by atoms with Gasteiger partial charge in [-0.15, -0.1) is 0 Å². The van der Waals surface area contributed by atoms with Gasteiger partial charge in [-0.1, -0.05) is 12.1 Å². The van der Waals surface area contributed by atoms with E-state index in [4.69, 9.17) is 14.2 Å². The van der Waals surface area contributed by atoms with Crippen molar-refractivity contribution in [2.45, 2.75) is 57.6 Å². The van der Waals surface area contributed by atoms with Crippen LogP contribution in [-0.4, -0.2) is 46.9 Å². The van der Waals surface area contributed by atoms with Crippen molar-refractivity contribution in [1.82, 2.24) is 4.90 Å². The van der Waals surface area contributed by atoms with Crippen LogP contribution in [0.3, 0.4) is 0 Å². The smallest absolute Gasteiger partial charge is 0.413 e. The lowest BCUT2D eigenvalue weighted by atomic mass is 10.1. The third-order valence-corrected chi connectivity index (χ3v) is 4.51. The molecule has 0 bridgehead atoms. The van der Waals surface area contributed by atoms with E-state index in [0.29, 0.717) is 11.3 Å². The predicted octanol–water partition coefficient (Wildman–Crippen LogP) is 3.19. The Kier molecular flexibility index (Phi) is 4.84. The molecular weight excluding hydrogens is 338 g/mol. The first kappa shape index (κ1) is 18.5. The summed E-state index contributed by atoms with van der Waals surface area (Å²) in [4.78, 5) is 26.1. The van der Waals surface area contributed by atoms with E-state index in [1.54, 1.807) is 52.1 Å². The van der Waals surface area contributed by atoms with Crippen LogP contribution in [0.1, 0.15) is 45.4 Å². The number of ether oxygens (including phenoxy) is 3. The van der Waals surface area contributed by atoms with Crippen LogP contribution < -0.4 is 4.74 Å². The summed E-state index contributed by atoms with van der Waals surface area (Å²) in [6, 6.07) is 6.53. The molecule has 1 aromatic rings. The maximum atomic E-state index is 12.9. The van der Waals surface area contributed by atoms with Gasteiger partial charge in [-0.3, -0.25) is 4.90 Å². The highest BCUT2D eigenvalue weighted by Crippen LogP contribution is 2.46. The minimum Gasteiger partial charge on any atom is -0.497 e. The monoisotopic (exact) mass is 363 g/mol. The molecule has 1 saturated carbocycles. The van der Waals surface area contributed by atoms with Gasteiger partial charge in [0, 0.05) is 5.56 Å². The summed E-state index contributed by atoms with van der Waals surface area (Å²) in [7, 11) is 1.57. The SMILES string of the molecule is COc1ccc(C2OC(C(=O)O)[C@H](C3CC3)N2C(=O)OC(C)(C)C)cc1. The molecule has 1 N–H and O–H groups in total. The Hall–Kier alpha value is -2.28. The third kappa shape index (κ3) is 3.77. The Morgan fingerprint density at radius 1 is 1.19 bits per heavy atom. The molecule has 1 amide bonds. The summed E-state index contributed by atoms with van der Waals surface area (Å²) < 4.78 is 16.5. The highest BCUT2D eigenvalue weighted by atomic mass is 16.6. The van der Waals surface area contributed by atoms with E-state index < -0.39 is 36.0 Å². The molecular formula is C19H25NO6. The van der Waals surface area contributed by atoms with Crippen molar-refractivity contribution in [3.05, 3.63) is 29.8 Å². The average molecular weight is 363 g/mol. The quantitative estimate of drug-likeness (QED) is 0.884. The number of aliphatic carboxylic acids is 1. The molecule has 1 heterocycles. The van der Waals surface area contributed by atoms with E-state index in [2.05, 4.69) is 0 Å². The van der Waals surface area contributed by atoms with Crippen LogP contribution in [0, 0.1) is 5.92 Å². The number of hydrogen-bond acceptors (Lipinski definition) is 5. The summed E-state index contributed by atoms with van der Waals surface area (Å²) in [5.41, 5.74) is 0.00259. The lowest BCUT2D eigenvalue weighted by molar-refractivity contribution is -0.150. The molecule has 1 aromatic carbocycles. The number of carboxylic acid groups (broad SMARTS) is 1. The van der Waals surface area contributed by atoms with Crippen molar-refractivity contribution in [2.75, 3.05) is 7.11 Å². The fourth-order valence-electron chi connectivity index (χ4n) is 3.24. The molecule has 2 unspecified atom stereocenters. The highest BCUT2D eigenvalue weighted by Gasteiger charge is 2.55. The Labute approximate surface area is 152 Å². The van der Waals surface area contributed by atoms with Crippen molar-refractivity contribution in [3.8, 4) is 5.75 Å². The number of nitrogens with zero attached hydrogens (tertiary/aromatic N) is 1. The Balaban J connectivity index is 1.95. The van der Waals surface area contributed by atoms with Gasteiger partial charge in [-0.25, -0.2) is 9.59 Å². The van der Waals surface area contributed by atoms with Gasteiger partial charge in [-0.05, 0) is 51.7 Å². The summed E-state index contributed by atoms with van der Waals surface area (Å²) in [6.45, 7) is 5.35. The molecule has 1 saturated heterocycles. The lowest BCUT2D eigenvalue weighted by Gasteiger charge is -2.31. The number of amides is 1. The summed E-state index contributed by atoms with van der Waals surface area (Å²) in [5.74, 6) is -0.276. The first-order valence-corrected chi connectivity index (χ1v) is 8.75. The highest BCUT2D eigenvalue weighted by molar-refractivity contribution is 5.77. The summed E-state index contributed by atoms with van der Waals surface area (Å²) in [5, 5.41) is 9.62. The minimum atomic E-state index is -1.07. The molecule has 142 valence electrons. The van der Waals surface area contributed by atoms with Crippen LogP contribution >= 0.6 is 0 Å². The van der Waals surface area contributed by atoms with Crippen molar-refractivity contribution >= 4 is 12.1 Å². The van der Waals surface area contributed by atoms with Crippen molar-refractivity contribution in [1.29, 1.82) is 0 Å². The van der Waals surface area contributed by atoms with Crippen molar-refractivity contribution in [2.24, 2.45) is 5.92 Å². The first-order valence-electron chi connectivity index (χ1n) is 8.75. The van der Waals surface area contributed by atoms with E-state index in [9.17, 15) is 14.7 Å². The van der Waals surface area contributed by atoms with Crippen LogP contribution in [0.25, 0.3) is 0 Å². The number of carbonyl (C=O) groups is 2. The van der Waals surface area contributed by atoms with E-state index in [0.717, 1.165) is 12.8 Å². The maximum Gasteiger partial charge on any atom is 0.413 e. The van der Waals surface area contributed by atoms with Crippen LogP contribution in [0.4, 0.5) is 4.79 Å². The average Bonchev–Trinajstić information content (AvgIpc) is 3.32. The number of benzene rings is 1. The zero-order chi connectivity index (χ0) is 19.1. The fourth-order valence-corrected chi connectivity index (χ4v) is 3.24. The molecule has 0 radical (unpaired) electrons. The molecule has 1 aliphatic heterocycles. The number of methoxy groups -OCH3 is 1. The third-order valence-electron chi connectivity index (χ3n) is 4.51. The standard InChI is InChI=1S/C19H25NO6/c1-19(2,3)26-18(23)20-14(11-5-6-11)15(17(21)22)25-16(20)12-7-9-13(24-4)10-8-12/h7-11,14-16H,5-6H2,1-4H3,(H,21,22)/t14-,15?,16?/m0/s1. The van der Waals surface area contributed by atoms with Crippen molar-refractivity contribution < 1.29 is 28.9 Å². The Bertz CT molecular complexity index is 676. The molecule has 0 aromatic heterocycles. The van der Waals surface area contributed by atoms with Gasteiger partial charge in [-0.2, -0.15) is 0 Å². The van der Waals surface area contributed by atoms with Crippen LogP contribution in [0.5, 0.6) is 5.75 Å². The largest absolute Gasteiger partial charge is 0.497 e. The lowest BCUT2D eigenvalue weighted by Crippen LogP contribution is -2.46. The Morgan fingerprint density at radius 3 is 2.27 bits per heavy atom. The zero-order valence-corrected chi connectivity index (χ0v) is 15.5. The fraction of sp³-hybridized carbons (Fsp3) is 0.579. The molecule has 3 atom stereocenters. The normalized spacial score (nSPS) is 25.8. The van der Waals surface area contributed by atoms with Crippen molar-refractivity contribution in [3.63, 3.8) is 0 Å². The van der Waals surface area contributed by atoms with Gasteiger partial charge in [0.05, 0.1) is 13.2 Å². The molecule has 2 fully saturated rings. The predicted molar refractivity (Wildman–Crippen MR) is 92.8 cm³/mol. The zero-order valence-electron chi connectivity index (χ0n) is 15.5. The van der Waals surface area contributed by atoms with Crippen LogP contribution in [-0.2, 0) is 14.3 Å². The van der Waals surface area contributed by atoms with E-state index in [1.165, 1.54) is 4.90 Å². The van der Waals surface area contributed by atoms with Gasteiger partial charge >= 0.3 is 12.1 Å². The maximum absolute atomic E-state index is 12.9. The van der Waals surface area contributed by atoms with E-state index in [1.807, 2.05) is 0 Å². The molecule has 2 aliphatic rings. The molecule has 1 aliphatic carbocycles. The van der Waals surface area contributed by atoms with Crippen LogP contribution in [0.2, 0.25) is 0 Å². The minimum absolute atomic E-state index is 0.117. The van der Waals surface area contributed by atoms with Gasteiger partial charge < -0.3 is 19.3 Å². The summed E-state index contributed by atoms with van der Waals surface area (Å²) >= 11 is 0. The second kappa shape index (κ2) is 6.79. The second-order valence-corrected chi connectivity index (χ2v) is 7.74. The first-order chi connectivity index (χ1) is 12.2. The molecule has 3 rings (SSSR count). The van der Waals surface area contributed by atoms with Gasteiger partial charge in [0.25, 0.3) is 0 Å². The number of rotatable bonds is 4. The molecule has 7 nitrogen and oxygen atoms in total. The van der Waals surface area contributed by atoms with E-state index >= 15 is 0 Å². The van der Waals surface area contributed by atoms with Gasteiger partial charge in [0.15, 0.2) is 12.3 Å². The Morgan fingerprint density at radius 2 is 1.81 bits per heavy atom. The molecule has 26 heavy (non-hydrogen) atoms.